The minimum atomic E-state index is -0.608. The Kier molecular flexibility index (Phi) is 5.10. The lowest BCUT2D eigenvalue weighted by atomic mass is 9.31. The van der Waals surface area contributed by atoms with Gasteiger partial charge in [0.05, 0.1) is 5.57 Å². The van der Waals surface area contributed by atoms with Crippen LogP contribution in [0.2, 0.25) is 0 Å². The standard InChI is InChI=1S/C31H43NO3/c1-26(2)10-12-31(18-33)13-11-30(7)24(20(31)16-26)21(34)14-23-28(5)15-19(17-32)25(35)27(3,4)22(28)8-9-29(23,30)6/h15,18,20,22-24H,8-14,16H2,1-7H3/t20-,22+,23-,24?,28+,29-,30-,31-/m1/s1. The number of ketones is 2. The maximum absolute atomic E-state index is 14.3. The quantitative estimate of drug-likeness (QED) is 0.405. The summed E-state index contributed by atoms with van der Waals surface area (Å²) >= 11 is 0. The second-order valence-electron chi connectivity index (χ2n) is 15.0. The van der Waals surface area contributed by atoms with Crippen molar-refractivity contribution in [3.8, 4) is 6.07 Å². The molecule has 0 saturated heterocycles. The first-order chi connectivity index (χ1) is 16.1. The lowest BCUT2D eigenvalue weighted by Crippen LogP contribution is -2.68. The molecule has 5 rings (SSSR count). The molecular weight excluding hydrogens is 434 g/mol. The molecule has 8 atom stereocenters. The molecule has 0 aromatic heterocycles. The summed E-state index contributed by atoms with van der Waals surface area (Å²) in [6.07, 6.45) is 10.3. The second-order valence-corrected chi connectivity index (χ2v) is 15.0. The summed E-state index contributed by atoms with van der Waals surface area (Å²) in [5, 5.41) is 9.84. The van der Waals surface area contributed by atoms with E-state index in [-0.39, 0.29) is 62.1 Å². The van der Waals surface area contributed by atoms with E-state index >= 15 is 0 Å². The molecule has 4 saturated carbocycles. The molecule has 0 heterocycles. The molecule has 0 spiro atoms. The van der Waals surface area contributed by atoms with Crippen LogP contribution in [0.5, 0.6) is 0 Å². The zero-order valence-corrected chi connectivity index (χ0v) is 22.8. The fourth-order valence-corrected chi connectivity index (χ4v) is 10.6. The summed E-state index contributed by atoms with van der Waals surface area (Å²) < 4.78 is 0. The van der Waals surface area contributed by atoms with Gasteiger partial charge in [-0.15, -0.1) is 0 Å². The van der Waals surface area contributed by atoms with Crippen molar-refractivity contribution in [1.29, 1.82) is 5.26 Å². The summed E-state index contributed by atoms with van der Waals surface area (Å²) in [5.74, 6) is 0.533. The fraction of sp³-hybridized carbons (Fsp3) is 0.806. The summed E-state index contributed by atoms with van der Waals surface area (Å²) in [4.78, 5) is 40.1. The van der Waals surface area contributed by atoms with Crippen molar-refractivity contribution in [2.45, 2.75) is 99.8 Å². The SMILES string of the molecule is CC1(C)CC[C@]2(C=O)CC[C@]3(C)C(C(=O)C[C@@H]4[C@@]5(C)C=C(C#N)C(=O)C(C)(C)[C@@H]5CC[C@]43C)[C@H]2C1. The van der Waals surface area contributed by atoms with Gasteiger partial charge in [-0.3, -0.25) is 9.59 Å². The van der Waals surface area contributed by atoms with Gasteiger partial charge in [0.15, 0.2) is 5.78 Å². The first-order valence-electron chi connectivity index (χ1n) is 13.8. The van der Waals surface area contributed by atoms with Crippen LogP contribution in [0.3, 0.4) is 0 Å². The minimum Gasteiger partial charge on any atom is -0.303 e. The van der Waals surface area contributed by atoms with Crippen molar-refractivity contribution in [2.24, 2.45) is 56.2 Å². The number of hydrogen-bond donors (Lipinski definition) is 0. The number of rotatable bonds is 1. The van der Waals surface area contributed by atoms with Crippen LogP contribution < -0.4 is 0 Å². The molecule has 4 nitrogen and oxygen atoms in total. The van der Waals surface area contributed by atoms with E-state index in [1.165, 1.54) is 6.29 Å². The minimum absolute atomic E-state index is 0.0461. The number of allylic oxidation sites excluding steroid dienone is 2. The number of fused-ring (bicyclic) bond motifs is 7. The predicted octanol–water partition coefficient (Wildman–Crippen LogP) is 6.48. The molecule has 5 aliphatic carbocycles. The van der Waals surface area contributed by atoms with Gasteiger partial charge in [0.2, 0.25) is 0 Å². The predicted molar refractivity (Wildman–Crippen MR) is 135 cm³/mol. The molecule has 35 heavy (non-hydrogen) atoms. The molecule has 0 amide bonds. The highest BCUT2D eigenvalue weighted by molar-refractivity contribution is 6.04. The summed E-state index contributed by atoms with van der Waals surface area (Å²) in [5.41, 5.74) is -1.18. The van der Waals surface area contributed by atoms with Crippen LogP contribution in [0.25, 0.3) is 0 Å². The van der Waals surface area contributed by atoms with Crippen LogP contribution in [-0.2, 0) is 14.4 Å². The third kappa shape index (κ3) is 2.93. The molecule has 190 valence electrons. The van der Waals surface area contributed by atoms with Crippen molar-refractivity contribution in [2.75, 3.05) is 0 Å². The first-order valence-corrected chi connectivity index (χ1v) is 13.8. The van der Waals surface area contributed by atoms with Crippen LogP contribution in [0, 0.1) is 67.5 Å². The van der Waals surface area contributed by atoms with Crippen molar-refractivity contribution >= 4 is 17.9 Å². The Morgan fingerprint density at radius 2 is 1.57 bits per heavy atom. The number of nitriles is 1. The highest BCUT2D eigenvalue weighted by Crippen LogP contribution is 2.75. The lowest BCUT2D eigenvalue weighted by Gasteiger charge is -2.71. The average Bonchev–Trinajstić information content (AvgIpc) is 2.77. The molecule has 0 bridgehead atoms. The van der Waals surface area contributed by atoms with Crippen molar-refractivity contribution in [3.63, 3.8) is 0 Å². The van der Waals surface area contributed by atoms with Crippen LogP contribution in [0.4, 0.5) is 0 Å². The zero-order valence-electron chi connectivity index (χ0n) is 22.8. The molecule has 0 radical (unpaired) electrons. The van der Waals surface area contributed by atoms with Gasteiger partial charge in [0.25, 0.3) is 0 Å². The summed E-state index contributed by atoms with van der Waals surface area (Å²) in [6, 6.07) is 2.20. The average molecular weight is 478 g/mol. The molecule has 4 heteroatoms. The molecule has 0 aromatic carbocycles. The number of carbonyl (C=O) groups is 3. The van der Waals surface area contributed by atoms with Gasteiger partial charge in [-0.1, -0.05) is 54.5 Å². The third-order valence-electron chi connectivity index (χ3n) is 12.8. The van der Waals surface area contributed by atoms with Gasteiger partial charge in [-0.2, -0.15) is 5.26 Å². The molecule has 4 fully saturated rings. The smallest absolute Gasteiger partial charge is 0.178 e. The molecule has 1 unspecified atom stereocenters. The fourth-order valence-electron chi connectivity index (χ4n) is 10.6. The normalized spacial score (nSPS) is 49.9. The Morgan fingerprint density at radius 1 is 0.914 bits per heavy atom. The van der Waals surface area contributed by atoms with Gasteiger partial charge < -0.3 is 4.79 Å². The molecular formula is C31H43NO3. The third-order valence-corrected chi connectivity index (χ3v) is 12.8. The number of hydrogen-bond acceptors (Lipinski definition) is 4. The van der Waals surface area contributed by atoms with Crippen molar-refractivity contribution in [3.05, 3.63) is 11.6 Å². The second kappa shape index (κ2) is 7.17. The Labute approximate surface area is 211 Å². The van der Waals surface area contributed by atoms with E-state index in [0.29, 0.717) is 12.2 Å². The summed E-state index contributed by atoms with van der Waals surface area (Å²) in [7, 11) is 0. The van der Waals surface area contributed by atoms with E-state index in [1.807, 2.05) is 19.9 Å². The Hall–Kier alpha value is -1.76. The van der Waals surface area contributed by atoms with E-state index in [1.54, 1.807) is 0 Å². The van der Waals surface area contributed by atoms with Gasteiger partial charge in [0.1, 0.15) is 18.1 Å². The number of carbonyl (C=O) groups excluding carboxylic acids is 3. The topological polar surface area (TPSA) is 75.0 Å². The maximum atomic E-state index is 14.3. The molecule has 0 aliphatic heterocycles. The van der Waals surface area contributed by atoms with E-state index in [0.717, 1.165) is 44.9 Å². The number of Topliss-reactive ketones (excluding diaryl/α,β-unsaturated/α-hetero) is 2. The molecule has 5 aliphatic rings. The van der Waals surface area contributed by atoms with Crippen molar-refractivity contribution < 1.29 is 14.4 Å². The Morgan fingerprint density at radius 3 is 2.20 bits per heavy atom. The van der Waals surface area contributed by atoms with Gasteiger partial charge in [0, 0.05) is 23.2 Å². The number of aldehydes is 1. The highest BCUT2D eigenvalue weighted by Gasteiger charge is 2.72. The van der Waals surface area contributed by atoms with E-state index in [2.05, 4.69) is 40.7 Å². The van der Waals surface area contributed by atoms with E-state index in [9.17, 15) is 19.6 Å². The highest BCUT2D eigenvalue weighted by atomic mass is 16.1. The molecule has 0 aromatic rings. The van der Waals surface area contributed by atoms with Crippen molar-refractivity contribution in [1.82, 2.24) is 0 Å². The monoisotopic (exact) mass is 477 g/mol. The van der Waals surface area contributed by atoms with Gasteiger partial charge in [-0.25, -0.2) is 0 Å². The largest absolute Gasteiger partial charge is 0.303 e. The van der Waals surface area contributed by atoms with Crippen LogP contribution in [0.15, 0.2) is 11.6 Å². The lowest BCUT2D eigenvalue weighted by molar-refractivity contribution is -0.219. The Balaban J connectivity index is 1.64. The van der Waals surface area contributed by atoms with Crippen LogP contribution >= 0.6 is 0 Å². The first kappa shape index (κ1) is 24.9. The maximum Gasteiger partial charge on any atom is 0.178 e. The Bertz CT molecular complexity index is 1080. The van der Waals surface area contributed by atoms with Gasteiger partial charge in [-0.05, 0) is 84.4 Å². The zero-order chi connectivity index (χ0) is 25.8. The van der Waals surface area contributed by atoms with Crippen LogP contribution in [0.1, 0.15) is 99.8 Å². The van der Waals surface area contributed by atoms with Gasteiger partial charge >= 0.3 is 0 Å². The summed E-state index contributed by atoms with van der Waals surface area (Å²) in [6.45, 7) is 15.6. The van der Waals surface area contributed by atoms with Crippen LogP contribution in [-0.4, -0.2) is 17.9 Å². The van der Waals surface area contributed by atoms with E-state index in [4.69, 9.17) is 0 Å². The number of nitrogens with zero attached hydrogens (tertiary/aromatic N) is 1. The van der Waals surface area contributed by atoms with E-state index < -0.39 is 5.41 Å². The molecule has 0 N–H and O–H groups in total.